The van der Waals surface area contributed by atoms with Crippen molar-refractivity contribution in [1.82, 2.24) is 23.8 Å². The van der Waals surface area contributed by atoms with E-state index < -0.39 is 0 Å². The summed E-state index contributed by atoms with van der Waals surface area (Å²) < 4.78 is 19.3. The van der Waals surface area contributed by atoms with Gasteiger partial charge in [-0.25, -0.2) is 4.79 Å². The minimum absolute atomic E-state index is 0.156. The Balaban J connectivity index is 1.04. The number of benzene rings is 2. The lowest BCUT2D eigenvalue weighted by Gasteiger charge is -2.36. The fourth-order valence-electron chi connectivity index (χ4n) is 4.48. The van der Waals surface area contributed by atoms with Crippen LogP contribution in [0.1, 0.15) is 5.89 Å². The molecule has 1 unspecified atom stereocenters. The lowest BCUT2D eigenvalue weighted by molar-refractivity contribution is 0.106. The Labute approximate surface area is 200 Å². The Morgan fingerprint density at radius 2 is 1.76 bits per heavy atom. The summed E-state index contributed by atoms with van der Waals surface area (Å²) in [6.07, 6.45) is -0.465. The van der Waals surface area contributed by atoms with E-state index in [9.17, 15) is 4.79 Å². The summed E-state index contributed by atoms with van der Waals surface area (Å²) >= 11 is 1.24. The van der Waals surface area contributed by atoms with Gasteiger partial charge in [0.1, 0.15) is 17.1 Å². The quantitative estimate of drug-likeness (QED) is 0.429. The molecule has 2 aliphatic rings. The number of aryl methyl sites for hydroxylation is 1. The van der Waals surface area contributed by atoms with Crippen molar-refractivity contribution in [2.24, 2.45) is 0 Å². The molecule has 4 aromatic rings. The number of amides is 1. The molecule has 0 saturated carbocycles. The minimum atomic E-state index is -0.308. The third-order valence-corrected chi connectivity index (χ3v) is 6.83. The van der Waals surface area contributed by atoms with Gasteiger partial charge in [0.2, 0.25) is 11.7 Å². The first-order chi connectivity index (χ1) is 16.6. The molecule has 2 aromatic carbocycles. The van der Waals surface area contributed by atoms with E-state index in [1.54, 1.807) is 11.8 Å². The van der Waals surface area contributed by atoms with E-state index in [0.717, 1.165) is 55.0 Å². The summed E-state index contributed by atoms with van der Waals surface area (Å²) in [6.45, 7) is 6.69. The molecule has 10 nitrogen and oxygen atoms in total. The van der Waals surface area contributed by atoms with Crippen LogP contribution in [0.25, 0.3) is 22.4 Å². The van der Waals surface area contributed by atoms with Gasteiger partial charge in [0.15, 0.2) is 0 Å². The highest BCUT2D eigenvalue weighted by Gasteiger charge is 2.34. The Kier molecular flexibility index (Phi) is 5.34. The average Bonchev–Trinajstić information content (AvgIpc) is 3.59. The molecule has 174 valence electrons. The number of ether oxygens (including phenoxy) is 1. The van der Waals surface area contributed by atoms with Crippen LogP contribution in [0, 0.1) is 6.92 Å². The summed E-state index contributed by atoms with van der Waals surface area (Å²) in [6, 6.07) is 13.8. The predicted molar refractivity (Wildman–Crippen MR) is 128 cm³/mol. The summed E-state index contributed by atoms with van der Waals surface area (Å²) in [5, 5.41) is 3.93. The molecule has 0 aliphatic carbocycles. The molecule has 0 bridgehead atoms. The van der Waals surface area contributed by atoms with Gasteiger partial charge in [-0.2, -0.15) is 13.7 Å². The van der Waals surface area contributed by atoms with E-state index >= 15 is 0 Å². The second kappa shape index (κ2) is 8.65. The predicted octanol–water partition coefficient (Wildman–Crippen LogP) is 3.20. The SMILES string of the molecule is Cc1nc(-c2ccc(N3CC(CN4CCN(c5ccc6nsnc6c5)CC4)OC3=O)cc2)no1. The molecule has 34 heavy (non-hydrogen) atoms. The number of aromatic nitrogens is 4. The number of carbonyl (C=O) groups excluding carboxylic acids is 1. The number of hydrogen-bond acceptors (Lipinski definition) is 10. The van der Waals surface area contributed by atoms with E-state index in [0.29, 0.717) is 18.3 Å². The highest BCUT2D eigenvalue weighted by Crippen LogP contribution is 2.26. The van der Waals surface area contributed by atoms with Crippen molar-refractivity contribution < 1.29 is 14.1 Å². The summed E-state index contributed by atoms with van der Waals surface area (Å²) in [5.74, 6) is 1.05. The molecule has 1 atom stereocenters. The van der Waals surface area contributed by atoms with Gasteiger partial charge in [0.25, 0.3) is 0 Å². The molecule has 2 saturated heterocycles. The van der Waals surface area contributed by atoms with E-state index in [-0.39, 0.29) is 12.2 Å². The molecule has 1 amide bonds. The number of nitrogens with zero attached hydrogens (tertiary/aromatic N) is 7. The van der Waals surface area contributed by atoms with E-state index in [1.165, 1.54) is 17.4 Å². The van der Waals surface area contributed by atoms with Gasteiger partial charge in [-0.05, 0) is 42.5 Å². The fourth-order valence-corrected chi connectivity index (χ4v) is 5.00. The van der Waals surface area contributed by atoms with Gasteiger partial charge >= 0.3 is 6.09 Å². The number of fused-ring (bicyclic) bond motifs is 1. The average molecular weight is 478 g/mol. The monoisotopic (exact) mass is 477 g/mol. The molecule has 0 spiro atoms. The largest absolute Gasteiger partial charge is 0.443 e. The highest BCUT2D eigenvalue weighted by atomic mass is 32.1. The van der Waals surface area contributed by atoms with Crippen LogP contribution in [0.2, 0.25) is 0 Å². The van der Waals surface area contributed by atoms with E-state index in [2.05, 4.69) is 40.8 Å². The minimum Gasteiger partial charge on any atom is -0.443 e. The summed E-state index contributed by atoms with van der Waals surface area (Å²) in [7, 11) is 0. The Hall–Kier alpha value is -3.57. The number of hydrogen-bond donors (Lipinski definition) is 0. The molecule has 11 heteroatoms. The smallest absolute Gasteiger partial charge is 0.414 e. The molecular weight excluding hydrogens is 454 g/mol. The maximum atomic E-state index is 12.5. The summed E-state index contributed by atoms with van der Waals surface area (Å²) in [4.78, 5) is 23.2. The van der Waals surface area contributed by atoms with Crippen LogP contribution in [0.3, 0.4) is 0 Å². The summed E-state index contributed by atoms with van der Waals surface area (Å²) in [5.41, 5.74) is 4.71. The van der Waals surface area contributed by atoms with Gasteiger partial charge in [-0.3, -0.25) is 9.80 Å². The van der Waals surface area contributed by atoms with Gasteiger partial charge in [-0.1, -0.05) is 5.16 Å². The molecular formula is C23H23N7O3S. The van der Waals surface area contributed by atoms with Crippen molar-refractivity contribution in [3.8, 4) is 11.4 Å². The topological polar surface area (TPSA) is 101 Å². The number of carbonyl (C=O) groups is 1. The molecule has 4 heterocycles. The van der Waals surface area contributed by atoms with Crippen molar-refractivity contribution in [3.63, 3.8) is 0 Å². The van der Waals surface area contributed by atoms with Crippen molar-refractivity contribution in [2.45, 2.75) is 13.0 Å². The van der Waals surface area contributed by atoms with Crippen molar-refractivity contribution in [1.29, 1.82) is 0 Å². The van der Waals surface area contributed by atoms with Gasteiger partial charge in [0, 0.05) is 56.6 Å². The second-order valence-corrected chi connectivity index (χ2v) is 9.05. The standard InChI is InChI=1S/C23H23N7O3S/c1-15-24-22(25-33-15)16-2-4-17(5-3-16)30-14-19(32-23(30)31)13-28-8-10-29(11-9-28)18-6-7-20-21(12-18)27-34-26-20/h2-7,12,19H,8-11,13-14H2,1H3. The van der Waals surface area contributed by atoms with E-state index in [1.807, 2.05) is 30.3 Å². The first-order valence-electron chi connectivity index (χ1n) is 11.2. The molecule has 2 aliphatic heterocycles. The lowest BCUT2D eigenvalue weighted by atomic mass is 10.2. The van der Waals surface area contributed by atoms with Gasteiger partial charge in [-0.15, -0.1) is 0 Å². The highest BCUT2D eigenvalue weighted by molar-refractivity contribution is 7.00. The number of piperazine rings is 1. The number of anilines is 2. The third kappa shape index (κ3) is 4.08. The van der Waals surface area contributed by atoms with Crippen LogP contribution >= 0.6 is 11.7 Å². The van der Waals surface area contributed by atoms with Gasteiger partial charge < -0.3 is 14.2 Å². The van der Waals surface area contributed by atoms with Gasteiger partial charge in [0.05, 0.1) is 18.3 Å². The Morgan fingerprint density at radius 1 is 1.00 bits per heavy atom. The van der Waals surface area contributed by atoms with Crippen LogP contribution in [-0.4, -0.2) is 75.3 Å². The van der Waals surface area contributed by atoms with Crippen LogP contribution in [0.5, 0.6) is 0 Å². The first kappa shape index (κ1) is 21.0. The van der Waals surface area contributed by atoms with Crippen LogP contribution in [0.4, 0.5) is 16.2 Å². The zero-order chi connectivity index (χ0) is 23.1. The fraction of sp³-hybridized carbons (Fsp3) is 0.348. The third-order valence-electron chi connectivity index (χ3n) is 6.28. The molecule has 0 N–H and O–H groups in total. The molecule has 6 rings (SSSR count). The normalized spacial score (nSPS) is 19.2. The Bertz CT molecular complexity index is 1310. The maximum absolute atomic E-state index is 12.5. The second-order valence-electron chi connectivity index (χ2n) is 8.53. The van der Waals surface area contributed by atoms with Crippen LogP contribution in [0.15, 0.2) is 47.0 Å². The lowest BCUT2D eigenvalue weighted by Crippen LogP contribution is -2.49. The zero-order valence-corrected chi connectivity index (χ0v) is 19.4. The van der Waals surface area contributed by atoms with Crippen LogP contribution < -0.4 is 9.80 Å². The zero-order valence-electron chi connectivity index (χ0n) is 18.6. The molecule has 2 fully saturated rings. The van der Waals surface area contributed by atoms with Crippen molar-refractivity contribution in [2.75, 3.05) is 49.1 Å². The maximum Gasteiger partial charge on any atom is 0.414 e. The van der Waals surface area contributed by atoms with E-state index in [4.69, 9.17) is 9.26 Å². The first-order valence-corrected chi connectivity index (χ1v) is 11.9. The van der Waals surface area contributed by atoms with Crippen molar-refractivity contribution >= 4 is 40.2 Å². The number of cyclic esters (lactones) is 1. The van der Waals surface area contributed by atoms with Crippen LogP contribution in [-0.2, 0) is 4.74 Å². The molecule has 0 radical (unpaired) electrons. The molecule has 2 aromatic heterocycles. The van der Waals surface area contributed by atoms with Crippen molar-refractivity contribution in [3.05, 3.63) is 48.4 Å². The number of rotatable bonds is 5. The Morgan fingerprint density at radius 3 is 2.53 bits per heavy atom.